The number of aromatic amines is 1. The molecule has 1 fully saturated rings. The lowest BCUT2D eigenvalue weighted by Gasteiger charge is -2.00. The first-order chi connectivity index (χ1) is 11.2. The van der Waals surface area contributed by atoms with Gasteiger partial charge in [0.15, 0.2) is 0 Å². The van der Waals surface area contributed by atoms with E-state index in [1.807, 2.05) is 36.4 Å². The van der Waals surface area contributed by atoms with Gasteiger partial charge in [-0.2, -0.15) is 0 Å². The molecule has 0 aliphatic heterocycles. The number of benzene rings is 2. The molecule has 0 bridgehead atoms. The van der Waals surface area contributed by atoms with Gasteiger partial charge in [-0.05, 0) is 41.7 Å². The summed E-state index contributed by atoms with van der Waals surface area (Å²) in [6, 6.07) is 16.2. The SMILES string of the molecule is O=C(O)/C=C/c1ccc(C2CC2c2nc3ccccc3[nH]2)cc1. The number of hydrogen-bond donors (Lipinski definition) is 2. The van der Waals surface area contributed by atoms with Crippen molar-refractivity contribution < 1.29 is 9.90 Å². The third-order valence-corrected chi connectivity index (χ3v) is 4.33. The minimum Gasteiger partial charge on any atom is -0.478 e. The van der Waals surface area contributed by atoms with E-state index < -0.39 is 5.97 Å². The average molecular weight is 304 g/mol. The highest BCUT2D eigenvalue weighted by atomic mass is 16.4. The lowest BCUT2D eigenvalue weighted by atomic mass is 10.1. The van der Waals surface area contributed by atoms with E-state index in [1.54, 1.807) is 6.08 Å². The number of para-hydroxylation sites is 2. The number of hydrogen-bond acceptors (Lipinski definition) is 2. The third-order valence-electron chi connectivity index (χ3n) is 4.33. The van der Waals surface area contributed by atoms with Gasteiger partial charge < -0.3 is 10.1 Å². The Balaban J connectivity index is 1.51. The molecule has 1 aromatic heterocycles. The Kier molecular flexibility index (Phi) is 3.23. The van der Waals surface area contributed by atoms with E-state index in [2.05, 4.69) is 22.1 Å². The van der Waals surface area contributed by atoms with Crippen LogP contribution in [0.3, 0.4) is 0 Å². The van der Waals surface area contributed by atoms with Crippen molar-refractivity contribution in [3.8, 4) is 0 Å². The van der Waals surface area contributed by atoms with Crippen LogP contribution in [0, 0.1) is 0 Å². The fourth-order valence-electron chi connectivity index (χ4n) is 3.04. The summed E-state index contributed by atoms with van der Waals surface area (Å²) in [4.78, 5) is 18.6. The number of H-pyrrole nitrogens is 1. The molecule has 2 aromatic carbocycles. The lowest BCUT2D eigenvalue weighted by Crippen LogP contribution is -1.88. The van der Waals surface area contributed by atoms with Crippen LogP contribution < -0.4 is 0 Å². The largest absolute Gasteiger partial charge is 0.478 e. The van der Waals surface area contributed by atoms with Crippen LogP contribution in [0.25, 0.3) is 17.1 Å². The second-order valence-electron chi connectivity index (χ2n) is 5.93. The number of imidazole rings is 1. The maximum atomic E-state index is 10.5. The first-order valence-corrected chi connectivity index (χ1v) is 7.66. The van der Waals surface area contributed by atoms with Crippen LogP contribution in [0.1, 0.15) is 35.2 Å². The van der Waals surface area contributed by atoms with E-state index in [4.69, 9.17) is 5.11 Å². The molecule has 2 N–H and O–H groups in total. The molecule has 1 heterocycles. The molecule has 4 heteroatoms. The van der Waals surface area contributed by atoms with Crippen LogP contribution in [0.5, 0.6) is 0 Å². The van der Waals surface area contributed by atoms with E-state index >= 15 is 0 Å². The molecule has 23 heavy (non-hydrogen) atoms. The Morgan fingerprint density at radius 3 is 2.65 bits per heavy atom. The van der Waals surface area contributed by atoms with Crippen LogP contribution in [0.4, 0.5) is 0 Å². The van der Waals surface area contributed by atoms with E-state index in [0.717, 1.165) is 34.9 Å². The highest BCUT2D eigenvalue weighted by Crippen LogP contribution is 2.53. The number of carbonyl (C=O) groups is 1. The van der Waals surface area contributed by atoms with Crippen molar-refractivity contribution in [2.24, 2.45) is 0 Å². The summed E-state index contributed by atoms with van der Waals surface area (Å²) in [5.74, 6) is 1.07. The molecule has 1 aliphatic rings. The number of aromatic nitrogens is 2. The Labute approximate surface area is 133 Å². The fraction of sp³-hybridized carbons (Fsp3) is 0.158. The summed E-state index contributed by atoms with van der Waals surface area (Å²) < 4.78 is 0. The van der Waals surface area contributed by atoms with Gasteiger partial charge >= 0.3 is 5.97 Å². The van der Waals surface area contributed by atoms with Gasteiger partial charge in [0.25, 0.3) is 0 Å². The van der Waals surface area contributed by atoms with Gasteiger partial charge in [0.1, 0.15) is 5.82 Å². The third kappa shape index (κ3) is 2.75. The first kappa shape index (κ1) is 13.8. The maximum absolute atomic E-state index is 10.5. The highest BCUT2D eigenvalue weighted by Gasteiger charge is 2.41. The van der Waals surface area contributed by atoms with E-state index in [9.17, 15) is 4.79 Å². The quantitative estimate of drug-likeness (QED) is 0.718. The molecule has 4 nitrogen and oxygen atoms in total. The Morgan fingerprint density at radius 2 is 1.91 bits per heavy atom. The van der Waals surface area contributed by atoms with E-state index in [-0.39, 0.29) is 0 Å². The van der Waals surface area contributed by atoms with E-state index in [1.165, 1.54) is 5.56 Å². The number of rotatable bonds is 4. The number of carboxylic acids is 1. The predicted molar refractivity (Wildman–Crippen MR) is 89.3 cm³/mol. The molecule has 2 atom stereocenters. The molecule has 0 amide bonds. The summed E-state index contributed by atoms with van der Waals surface area (Å²) in [5.41, 5.74) is 4.28. The van der Waals surface area contributed by atoms with Crippen LogP contribution in [-0.2, 0) is 4.79 Å². The molecule has 114 valence electrons. The van der Waals surface area contributed by atoms with Crippen LogP contribution >= 0.6 is 0 Å². The lowest BCUT2D eigenvalue weighted by molar-refractivity contribution is -0.131. The van der Waals surface area contributed by atoms with Crippen molar-refractivity contribution in [2.75, 3.05) is 0 Å². The smallest absolute Gasteiger partial charge is 0.328 e. The monoisotopic (exact) mass is 304 g/mol. The van der Waals surface area contributed by atoms with Crippen molar-refractivity contribution >= 4 is 23.1 Å². The molecule has 0 saturated heterocycles. The zero-order valence-corrected chi connectivity index (χ0v) is 12.4. The zero-order chi connectivity index (χ0) is 15.8. The van der Waals surface area contributed by atoms with Gasteiger partial charge in [-0.3, -0.25) is 0 Å². The zero-order valence-electron chi connectivity index (χ0n) is 12.4. The number of carboxylic acid groups (broad SMARTS) is 1. The molecular weight excluding hydrogens is 288 g/mol. The molecule has 3 aromatic rings. The molecule has 1 saturated carbocycles. The van der Waals surface area contributed by atoms with Gasteiger partial charge in [-0.15, -0.1) is 0 Å². The molecule has 4 rings (SSSR count). The van der Waals surface area contributed by atoms with Gasteiger partial charge in [0, 0.05) is 12.0 Å². The molecule has 1 aliphatic carbocycles. The first-order valence-electron chi connectivity index (χ1n) is 7.66. The van der Waals surface area contributed by atoms with Crippen molar-refractivity contribution in [1.82, 2.24) is 9.97 Å². The molecular formula is C19H16N2O2. The normalized spacial score (nSPS) is 20.2. The summed E-state index contributed by atoms with van der Waals surface area (Å²) >= 11 is 0. The Hall–Kier alpha value is -2.88. The second-order valence-corrected chi connectivity index (χ2v) is 5.93. The predicted octanol–water partition coefficient (Wildman–Crippen LogP) is 3.93. The summed E-state index contributed by atoms with van der Waals surface area (Å²) in [5, 5.41) is 8.65. The minimum absolute atomic E-state index is 0.447. The van der Waals surface area contributed by atoms with Gasteiger partial charge in [0.2, 0.25) is 0 Å². The molecule has 2 unspecified atom stereocenters. The van der Waals surface area contributed by atoms with E-state index in [0.29, 0.717) is 11.8 Å². The number of fused-ring (bicyclic) bond motifs is 1. The second kappa shape index (κ2) is 5.39. The van der Waals surface area contributed by atoms with Crippen LogP contribution in [0.2, 0.25) is 0 Å². The Bertz CT molecular complexity index is 860. The molecule has 0 spiro atoms. The van der Waals surface area contributed by atoms with Crippen molar-refractivity contribution in [1.29, 1.82) is 0 Å². The topological polar surface area (TPSA) is 66.0 Å². The van der Waals surface area contributed by atoms with Crippen molar-refractivity contribution in [3.63, 3.8) is 0 Å². The standard InChI is InChI=1S/C19H16N2O2/c22-18(23)10-7-12-5-8-13(9-6-12)14-11-15(14)19-20-16-3-1-2-4-17(16)21-19/h1-10,14-15H,11H2,(H,20,21)(H,22,23)/b10-7+. The van der Waals surface area contributed by atoms with Crippen molar-refractivity contribution in [3.05, 3.63) is 71.6 Å². The number of aliphatic carboxylic acids is 1. The fourth-order valence-corrected chi connectivity index (χ4v) is 3.04. The van der Waals surface area contributed by atoms with Crippen LogP contribution in [0.15, 0.2) is 54.6 Å². The molecule has 0 radical (unpaired) electrons. The number of nitrogens with one attached hydrogen (secondary N) is 1. The average Bonchev–Trinajstić information content (AvgIpc) is 3.24. The highest BCUT2D eigenvalue weighted by molar-refractivity contribution is 5.85. The van der Waals surface area contributed by atoms with Crippen molar-refractivity contribution in [2.45, 2.75) is 18.3 Å². The Morgan fingerprint density at radius 1 is 1.13 bits per heavy atom. The maximum Gasteiger partial charge on any atom is 0.328 e. The summed E-state index contributed by atoms with van der Waals surface area (Å²) in [6.45, 7) is 0. The number of nitrogens with zero attached hydrogens (tertiary/aromatic N) is 1. The van der Waals surface area contributed by atoms with Crippen LogP contribution in [-0.4, -0.2) is 21.0 Å². The summed E-state index contributed by atoms with van der Waals surface area (Å²) in [6.07, 6.45) is 3.86. The van der Waals surface area contributed by atoms with Gasteiger partial charge in [0.05, 0.1) is 11.0 Å². The van der Waals surface area contributed by atoms with Gasteiger partial charge in [-0.1, -0.05) is 36.4 Å². The summed E-state index contributed by atoms with van der Waals surface area (Å²) in [7, 11) is 0. The van der Waals surface area contributed by atoms with Gasteiger partial charge in [-0.25, -0.2) is 9.78 Å². The minimum atomic E-state index is -0.929.